The van der Waals surface area contributed by atoms with Crippen molar-refractivity contribution in [2.24, 2.45) is 5.92 Å². The van der Waals surface area contributed by atoms with Crippen LogP contribution in [0.2, 0.25) is 0 Å². The van der Waals surface area contributed by atoms with Crippen LogP contribution < -0.4 is 0 Å². The molecule has 1 saturated heterocycles. The fourth-order valence-electron chi connectivity index (χ4n) is 2.37. The molecule has 0 aliphatic carbocycles. The summed E-state index contributed by atoms with van der Waals surface area (Å²) in [5.41, 5.74) is 0. The van der Waals surface area contributed by atoms with E-state index in [4.69, 9.17) is 5.11 Å². The Morgan fingerprint density at radius 2 is 2.41 bits per heavy atom. The molecule has 1 unspecified atom stereocenters. The Bertz CT molecular complexity index is 394. The number of hydrogen-bond acceptors (Lipinski definition) is 3. The molecule has 0 amide bonds. The van der Waals surface area contributed by atoms with Crippen LogP contribution in [0.5, 0.6) is 0 Å². The molecule has 1 aliphatic heterocycles. The van der Waals surface area contributed by atoms with Gasteiger partial charge < -0.3 is 5.11 Å². The Labute approximate surface area is 114 Å². The number of likely N-dealkylation sites (tertiary alicyclic amines) is 1. The second kappa shape index (κ2) is 5.98. The summed E-state index contributed by atoms with van der Waals surface area (Å²) in [6.45, 7) is 2.96. The van der Waals surface area contributed by atoms with Crippen molar-refractivity contribution in [2.45, 2.75) is 25.8 Å². The summed E-state index contributed by atoms with van der Waals surface area (Å²) in [5.74, 6) is -0.347. The first-order valence-electron chi connectivity index (χ1n) is 5.82. The third-order valence-corrected chi connectivity index (χ3v) is 4.68. The monoisotopic (exact) mass is 317 g/mol. The van der Waals surface area contributed by atoms with E-state index >= 15 is 0 Å². The summed E-state index contributed by atoms with van der Waals surface area (Å²) < 4.78 is 1.16. The molecule has 1 aromatic heterocycles. The number of carboxylic acid groups (broad SMARTS) is 1. The molecule has 0 saturated carbocycles. The van der Waals surface area contributed by atoms with Gasteiger partial charge in [-0.15, -0.1) is 11.3 Å². The van der Waals surface area contributed by atoms with Crippen LogP contribution in [0, 0.1) is 5.92 Å². The first kappa shape index (κ1) is 13.1. The van der Waals surface area contributed by atoms with Gasteiger partial charge in [0.2, 0.25) is 0 Å². The van der Waals surface area contributed by atoms with E-state index in [0.717, 1.165) is 36.3 Å². The molecule has 3 nitrogen and oxygen atoms in total. The number of carboxylic acids is 1. The lowest BCUT2D eigenvalue weighted by Crippen LogP contribution is -2.35. The van der Waals surface area contributed by atoms with E-state index in [1.807, 2.05) is 0 Å². The van der Waals surface area contributed by atoms with E-state index in [1.54, 1.807) is 11.3 Å². The average Bonchev–Trinajstić information content (AvgIpc) is 2.63. The Hall–Kier alpha value is -0.390. The van der Waals surface area contributed by atoms with E-state index in [0.29, 0.717) is 12.3 Å². The highest BCUT2D eigenvalue weighted by Crippen LogP contribution is 2.26. The third kappa shape index (κ3) is 4.08. The molecular formula is C12H16BrNO2S. The minimum Gasteiger partial charge on any atom is -0.481 e. The first-order chi connectivity index (χ1) is 8.13. The number of piperidine rings is 1. The molecule has 2 heterocycles. The van der Waals surface area contributed by atoms with Gasteiger partial charge in [0.05, 0.1) is 3.79 Å². The zero-order valence-electron chi connectivity index (χ0n) is 9.56. The lowest BCUT2D eigenvalue weighted by Gasteiger charge is -2.31. The molecule has 5 heteroatoms. The standard InChI is InChI=1S/C12H16BrNO2S/c13-11-4-3-10(17-11)8-14-5-1-2-9(7-14)6-12(15)16/h3-4,9H,1-2,5-8H2,(H,15,16). The van der Waals surface area contributed by atoms with Crippen LogP contribution in [0.1, 0.15) is 24.1 Å². The lowest BCUT2D eigenvalue weighted by molar-refractivity contribution is -0.138. The van der Waals surface area contributed by atoms with Crippen molar-refractivity contribution in [3.8, 4) is 0 Å². The summed E-state index contributed by atoms with van der Waals surface area (Å²) in [6.07, 6.45) is 2.48. The first-order valence-corrected chi connectivity index (χ1v) is 7.43. The van der Waals surface area contributed by atoms with Crippen molar-refractivity contribution in [3.63, 3.8) is 0 Å². The second-order valence-corrected chi connectivity index (χ2v) is 7.09. The van der Waals surface area contributed by atoms with Crippen LogP contribution in [-0.2, 0) is 11.3 Å². The van der Waals surface area contributed by atoms with E-state index in [2.05, 4.69) is 33.0 Å². The topological polar surface area (TPSA) is 40.5 Å². The molecule has 94 valence electrons. The smallest absolute Gasteiger partial charge is 0.303 e. The molecular weight excluding hydrogens is 302 g/mol. The largest absolute Gasteiger partial charge is 0.481 e. The molecule has 0 aromatic carbocycles. The highest BCUT2D eigenvalue weighted by atomic mass is 79.9. The van der Waals surface area contributed by atoms with Crippen molar-refractivity contribution in [2.75, 3.05) is 13.1 Å². The van der Waals surface area contributed by atoms with Gasteiger partial charge in [-0.1, -0.05) is 0 Å². The predicted octanol–water partition coefficient (Wildman–Crippen LogP) is 3.20. The SMILES string of the molecule is O=C(O)CC1CCCN(Cc2ccc(Br)s2)C1. The maximum absolute atomic E-state index is 10.7. The van der Waals surface area contributed by atoms with Crippen LogP contribution in [-0.4, -0.2) is 29.1 Å². The quantitative estimate of drug-likeness (QED) is 0.927. The molecule has 17 heavy (non-hydrogen) atoms. The Balaban J connectivity index is 1.87. The highest BCUT2D eigenvalue weighted by Gasteiger charge is 2.22. The van der Waals surface area contributed by atoms with Gasteiger partial charge in [0.15, 0.2) is 0 Å². The molecule has 1 aromatic rings. The van der Waals surface area contributed by atoms with Crippen molar-refractivity contribution < 1.29 is 9.90 Å². The molecule has 0 spiro atoms. The molecule has 1 fully saturated rings. The van der Waals surface area contributed by atoms with Gasteiger partial charge in [-0.3, -0.25) is 9.69 Å². The number of thiophene rings is 1. The maximum Gasteiger partial charge on any atom is 0.303 e. The Morgan fingerprint density at radius 3 is 3.06 bits per heavy atom. The van der Waals surface area contributed by atoms with E-state index < -0.39 is 5.97 Å². The van der Waals surface area contributed by atoms with Gasteiger partial charge in [-0.2, -0.15) is 0 Å². The van der Waals surface area contributed by atoms with Gasteiger partial charge >= 0.3 is 5.97 Å². The number of rotatable bonds is 4. The summed E-state index contributed by atoms with van der Waals surface area (Å²) >= 11 is 5.22. The molecule has 0 radical (unpaired) electrons. The Kier molecular flexibility index (Phi) is 4.59. The summed E-state index contributed by atoms with van der Waals surface area (Å²) in [5, 5.41) is 8.82. The zero-order chi connectivity index (χ0) is 12.3. The van der Waals surface area contributed by atoms with Crippen LogP contribution in [0.25, 0.3) is 0 Å². The van der Waals surface area contributed by atoms with Crippen molar-refractivity contribution in [3.05, 3.63) is 20.8 Å². The lowest BCUT2D eigenvalue weighted by atomic mass is 9.95. The molecule has 1 atom stereocenters. The highest BCUT2D eigenvalue weighted by molar-refractivity contribution is 9.11. The molecule has 1 aliphatic rings. The van der Waals surface area contributed by atoms with Gasteiger partial charge in [-0.25, -0.2) is 0 Å². The summed E-state index contributed by atoms with van der Waals surface area (Å²) in [7, 11) is 0. The number of halogens is 1. The van der Waals surface area contributed by atoms with Crippen LogP contribution in [0.15, 0.2) is 15.9 Å². The van der Waals surface area contributed by atoms with Crippen molar-refractivity contribution in [1.82, 2.24) is 4.90 Å². The summed E-state index contributed by atoms with van der Waals surface area (Å²) in [6, 6.07) is 4.20. The fourth-order valence-corrected chi connectivity index (χ4v) is 3.89. The molecule has 1 N–H and O–H groups in total. The van der Waals surface area contributed by atoms with Gasteiger partial charge in [0.25, 0.3) is 0 Å². The van der Waals surface area contributed by atoms with Crippen molar-refractivity contribution in [1.29, 1.82) is 0 Å². The van der Waals surface area contributed by atoms with E-state index in [-0.39, 0.29) is 0 Å². The van der Waals surface area contributed by atoms with E-state index in [9.17, 15) is 4.79 Å². The fraction of sp³-hybridized carbons (Fsp3) is 0.583. The predicted molar refractivity (Wildman–Crippen MR) is 72.3 cm³/mol. The molecule has 2 rings (SSSR count). The van der Waals surface area contributed by atoms with Crippen LogP contribution in [0.4, 0.5) is 0 Å². The third-order valence-electron chi connectivity index (χ3n) is 3.07. The second-order valence-electron chi connectivity index (χ2n) is 4.55. The van der Waals surface area contributed by atoms with Crippen molar-refractivity contribution >= 4 is 33.2 Å². The van der Waals surface area contributed by atoms with Gasteiger partial charge in [0, 0.05) is 24.4 Å². The number of aliphatic carboxylic acids is 1. The van der Waals surface area contributed by atoms with Crippen LogP contribution in [0.3, 0.4) is 0 Å². The number of hydrogen-bond donors (Lipinski definition) is 1. The normalized spacial score (nSPS) is 21.6. The van der Waals surface area contributed by atoms with Gasteiger partial charge in [-0.05, 0) is 53.4 Å². The molecule has 0 bridgehead atoms. The minimum absolute atomic E-state index is 0.310. The number of nitrogens with zero attached hydrogens (tertiary/aromatic N) is 1. The summed E-state index contributed by atoms with van der Waals surface area (Å²) in [4.78, 5) is 14.4. The van der Waals surface area contributed by atoms with Gasteiger partial charge in [0.1, 0.15) is 0 Å². The Morgan fingerprint density at radius 1 is 1.59 bits per heavy atom. The van der Waals surface area contributed by atoms with Crippen LogP contribution >= 0.6 is 27.3 Å². The average molecular weight is 318 g/mol. The number of carbonyl (C=O) groups is 1. The maximum atomic E-state index is 10.7. The zero-order valence-corrected chi connectivity index (χ0v) is 12.0. The van der Waals surface area contributed by atoms with E-state index in [1.165, 1.54) is 4.88 Å². The minimum atomic E-state index is -0.671.